The van der Waals surface area contributed by atoms with Gasteiger partial charge >= 0.3 is 0 Å². The lowest BCUT2D eigenvalue weighted by Crippen LogP contribution is -2.26. The summed E-state index contributed by atoms with van der Waals surface area (Å²) in [5.74, 6) is 0.0572. The SMILES string of the molecule is CN(Cc1ccsc1)C(=O)CCc1ccc(S(N)(=O)=O)cc1. The topological polar surface area (TPSA) is 80.5 Å². The normalized spacial score (nSPS) is 11.4. The Bertz CT molecular complexity index is 723. The van der Waals surface area contributed by atoms with E-state index < -0.39 is 10.0 Å². The Hall–Kier alpha value is -1.70. The summed E-state index contributed by atoms with van der Waals surface area (Å²) in [6.45, 7) is 0.604. The first-order valence-corrected chi connectivity index (χ1v) is 9.22. The Labute approximate surface area is 134 Å². The fourth-order valence-electron chi connectivity index (χ4n) is 2.03. The fraction of sp³-hybridized carbons (Fsp3) is 0.267. The van der Waals surface area contributed by atoms with Crippen LogP contribution in [0.3, 0.4) is 0 Å². The lowest BCUT2D eigenvalue weighted by atomic mass is 10.1. The third-order valence-corrected chi connectivity index (χ3v) is 4.97. The van der Waals surface area contributed by atoms with Gasteiger partial charge in [-0.3, -0.25) is 4.79 Å². The lowest BCUT2D eigenvalue weighted by molar-refractivity contribution is -0.130. The van der Waals surface area contributed by atoms with Crippen molar-refractivity contribution in [1.82, 2.24) is 4.90 Å². The maximum absolute atomic E-state index is 12.1. The quantitative estimate of drug-likeness (QED) is 0.874. The van der Waals surface area contributed by atoms with Crippen molar-refractivity contribution in [2.45, 2.75) is 24.3 Å². The third kappa shape index (κ3) is 4.66. The van der Waals surface area contributed by atoms with E-state index in [9.17, 15) is 13.2 Å². The summed E-state index contributed by atoms with van der Waals surface area (Å²) in [7, 11) is -1.89. The highest BCUT2D eigenvalue weighted by Crippen LogP contribution is 2.12. The molecule has 1 amide bonds. The second-order valence-electron chi connectivity index (χ2n) is 5.07. The van der Waals surface area contributed by atoms with Gasteiger partial charge in [-0.25, -0.2) is 13.6 Å². The molecule has 5 nitrogen and oxygen atoms in total. The van der Waals surface area contributed by atoms with E-state index in [0.717, 1.165) is 11.1 Å². The number of aryl methyl sites for hydroxylation is 1. The molecule has 2 aromatic rings. The van der Waals surface area contributed by atoms with Crippen LogP contribution < -0.4 is 5.14 Å². The zero-order valence-corrected chi connectivity index (χ0v) is 13.9. The lowest BCUT2D eigenvalue weighted by Gasteiger charge is -2.16. The number of hydrogen-bond donors (Lipinski definition) is 1. The van der Waals surface area contributed by atoms with E-state index in [1.807, 2.05) is 16.8 Å². The van der Waals surface area contributed by atoms with Crippen molar-refractivity contribution in [3.8, 4) is 0 Å². The molecule has 0 unspecified atom stereocenters. The maximum atomic E-state index is 12.1. The van der Waals surface area contributed by atoms with Gasteiger partial charge in [0.25, 0.3) is 0 Å². The minimum Gasteiger partial charge on any atom is -0.341 e. The molecule has 0 bridgehead atoms. The Morgan fingerprint density at radius 2 is 1.86 bits per heavy atom. The highest BCUT2D eigenvalue weighted by atomic mass is 32.2. The second kappa shape index (κ2) is 7.04. The molecule has 0 aliphatic carbocycles. The molecule has 0 saturated carbocycles. The molecular weight excluding hydrogens is 320 g/mol. The molecule has 1 aromatic carbocycles. The van der Waals surface area contributed by atoms with Gasteiger partial charge in [0.1, 0.15) is 0 Å². The molecule has 1 aromatic heterocycles. The van der Waals surface area contributed by atoms with Gasteiger partial charge in [0.05, 0.1) is 4.90 Å². The first kappa shape index (κ1) is 16.7. The number of hydrogen-bond acceptors (Lipinski definition) is 4. The van der Waals surface area contributed by atoms with Crippen LogP contribution in [0.1, 0.15) is 17.5 Å². The molecule has 2 rings (SSSR count). The van der Waals surface area contributed by atoms with Gasteiger partial charge in [-0.2, -0.15) is 11.3 Å². The number of primary sulfonamides is 1. The first-order chi connectivity index (χ1) is 10.4. The first-order valence-electron chi connectivity index (χ1n) is 6.73. The third-order valence-electron chi connectivity index (χ3n) is 3.31. The van der Waals surface area contributed by atoms with Crippen LogP contribution in [0.25, 0.3) is 0 Å². The minimum atomic E-state index is -3.67. The predicted octanol–water partition coefficient (Wildman–Crippen LogP) is 1.99. The Kier molecular flexibility index (Phi) is 5.33. The van der Waals surface area contributed by atoms with E-state index in [1.54, 1.807) is 35.4 Å². The molecule has 0 atom stereocenters. The molecule has 0 saturated heterocycles. The van der Waals surface area contributed by atoms with Crippen molar-refractivity contribution < 1.29 is 13.2 Å². The number of sulfonamides is 1. The highest BCUT2D eigenvalue weighted by molar-refractivity contribution is 7.89. The number of thiophene rings is 1. The Morgan fingerprint density at radius 3 is 2.41 bits per heavy atom. The number of amides is 1. The smallest absolute Gasteiger partial charge is 0.238 e. The van der Waals surface area contributed by atoms with Gasteiger partial charge in [0.2, 0.25) is 15.9 Å². The number of carbonyl (C=O) groups excluding carboxylic acids is 1. The van der Waals surface area contributed by atoms with E-state index >= 15 is 0 Å². The number of rotatable bonds is 6. The van der Waals surface area contributed by atoms with E-state index in [0.29, 0.717) is 19.4 Å². The summed E-state index contributed by atoms with van der Waals surface area (Å²) in [5.41, 5.74) is 2.03. The van der Waals surface area contributed by atoms with Gasteiger partial charge in [-0.1, -0.05) is 12.1 Å². The standard InChI is InChI=1S/C15H18N2O3S2/c1-17(10-13-8-9-21-11-13)15(18)7-4-12-2-5-14(6-3-12)22(16,19)20/h2-3,5-6,8-9,11H,4,7,10H2,1H3,(H2,16,19,20). The van der Waals surface area contributed by atoms with Crippen molar-refractivity contribution >= 4 is 27.3 Å². The zero-order chi connectivity index (χ0) is 16.2. The molecule has 7 heteroatoms. The summed E-state index contributed by atoms with van der Waals surface area (Å²) in [4.78, 5) is 13.9. The fourth-order valence-corrected chi connectivity index (χ4v) is 3.21. The maximum Gasteiger partial charge on any atom is 0.238 e. The zero-order valence-electron chi connectivity index (χ0n) is 12.2. The molecule has 118 valence electrons. The monoisotopic (exact) mass is 338 g/mol. The van der Waals surface area contributed by atoms with Gasteiger partial charge in [-0.15, -0.1) is 0 Å². The van der Waals surface area contributed by atoms with Gasteiger partial charge < -0.3 is 4.90 Å². The Morgan fingerprint density at radius 1 is 1.18 bits per heavy atom. The highest BCUT2D eigenvalue weighted by Gasteiger charge is 2.11. The van der Waals surface area contributed by atoms with E-state index in [4.69, 9.17) is 5.14 Å². The second-order valence-corrected chi connectivity index (χ2v) is 7.41. The molecule has 2 N–H and O–H groups in total. The summed E-state index contributed by atoms with van der Waals surface area (Å²) in [6.07, 6.45) is 0.951. The summed E-state index contributed by atoms with van der Waals surface area (Å²) in [5, 5.41) is 9.06. The average molecular weight is 338 g/mol. The summed E-state index contributed by atoms with van der Waals surface area (Å²) >= 11 is 1.61. The van der Waals surface area contributed by atoms with Crippen LogP contribution >= 0.6 is 11.3 Å². The number of carbonyl (C=O) groups is 1. The summed E-state index contributed by atoms with van der Waals surface area (Å²) < 4.78 is 22.3. The van der Waals surface area contributed by atoms with Gasteiger partial charge in [-0.05, 0) is 46.5 Å². The van der Waals surface area contributed by atoms with Gasteiger partial charge in [0.15, 0.2) is 0 Å². The number of benzene rings is 1. The molecule has 0 fully saturated rings. The number of nitrogens with two attached hydrogens (primary N) is 1. The van der Waals surface area contributed by atoms with Crippen LogP contribution in [0.2, 0.25) is 0 Å². The average Bonchev–Trinajstić information content (AvgIpc) is 2.97. The molecule has 0 aliphatic heterocycles. The number of nitrogens with zero attached hydrogens (tertiary/aromatic N) is 1. The van der Waals surface area contributed by atoms with Crippen molar-refractivity contribution in [3.05, 3.63) is 52.2 Å². The van der Waals surface area contributed by atoms with Gasteiger partial charge in [0, 0.05) is 20.0 Å². The molecule has 22 heavy (non-hydrogen) atoms. The van der Waals surface area contributed by atoms with Crippen LogP contribution in [0.5, 0.6) is 0 Å². The van der Waals surface area contributed by atoms with Crippen LogP contribution in [-0.2, 0) is 27.8 Å². The van der Waals surface area contributed by atoms with Crippen LogP contribution in [-0.4, -0.2) is 26.3 Å². The predicted molar refractivity (Wildman–Crippen MR) is 86.9 cm³/mol. The van der Waals surface area contributed by atoms with Crippen molar-refractivity contribution in [3.63, 3.8) is 0 Å². The van der Waals surface area contributed by atoms with Crippen molar-refractivity contribution in [2.24, 2.45) is 5.14 Å². The Balaban J connectivity index is 1.88. The molecule has 0 radical (unpaired) electrons. The van der Waals surface area contributed by atoms with E-state index in [2.05, 4.69) is 0 Å². The molecule has 0 spiro atoms. The largest absolute Gasteiger partial charge is 0.341 e. The minimum absolute atomic E-state index is 0.0572. The summed E-state index contributed by atoms with van der Waals surface area (Å²) in [6, 6.07) is 8.30. The van der Waals surface area contributed by atoms with Crippen LogP contribution in [0, 0.1) is 0 Å². The van der Waals surface area contributed by atoms with Crippen LogP contribution in [0.4, 0.5) is 0 Å². The molecule has 0 aliphatic rings. The molecule has 1 heterocycles. The van der Waals surface area contributed by atoms with Crippen molar-refractivity contribution in [2.75, 3.05) is 7.05 Å². The van der Waals surface area contributed by atoms with E-state index in [1.165, 1.54) is 12.1 Å². The van der Waals surface area contributed by atoms with Crippen LogP contribution in [0.15, 0.2) is 46.0 Å². The molecular formula is C15H18N2O3S2. The van der Waals surface area contributed by atoms with E-state index in [-0.39, 0.29) is 10.8 Å². The van der Waals surface area contributed by atoms with Crippen molar-refractivity contribution in [1.29, 1.82) is 0 Å².